The molecular formula is C35H38F2. The third-order valence-electron chi connectivity index (χ3n) is 7.74. The van der Waals surface area contributed by atoms with Crippen LogP contribution in [0.15, 0.2) is 73.3 Å². The molecule has 0 atom stereocenters. The Morgan fingerprint density at radius 1 is 0.757 bits per heavy atom. The van der Waals surface area contributed by atoms with Crippen molar-refractivity contribution < 1.29 is 8.78 Å². The van der Waals surface area contributed by atoms with Gasteiger partial charge in [-0.2, -0.15) is 0 Å². The molecule has 1 fully saturated rings. The molecule has 0 amide bonds. The van der Waals surface area contributed by atoms with Gasteiger partial charge in [0.2, 0.25) is 0 Å². The van der Waals surface area contributed by atoms with Crippen molar-refractivity contribution in [3.63, 3.8) is 0 Å². The van der Waals surface area contributed by atoms with E-state index in [1.807, 2.05) is 42.5 Å². The minimum atomic E-state index is -0.627. The molecule has 0 N–H and O–H groups in total. The van der Waals surface area contributed by atoms with Crippen LogP contribution in [0.3, 0.4) is 0 Å². The lowest BCUT2D eigenvalue weighted by molar-refractivity contribution is 0.254. The highest BCUT2D eigenvalue weighted by molar-refractivity contribution is 5.65. The van der Waals surface area contributed by atoms with E-state index in [0.29, 0.717) is 5.56 Å². The fourth-order valence-electron chi connectivity index (χ4n) is 5.43. The standard InChI is InChI=1S/C35H38F2/c1-3-5-7-27-10-14-28(15-11-27)16-17-30-18-21-31(22-19-30)32-24-34(36)33(35(37)25-32)23-20-29-12-8-26(6-4-2)9-13-29/h3,8-9,12-13,18-19,21-22,24-25,27-28H,1,4-7,10-11,14-17H2,2H3/t27-,28-. The van der Waals surface area contributed by atoms with Crippen LogP contribution < -0.4 is 0 Å². The lowest BCUT2D eigenvalue weighted by Gasteiger charge is -2.28. The summed E-state index contributed by atoms with van der Waals surface area (Å²) in [4.78, 5) is 0. The third kappa shape index (κ3) is 7.65. The number of hydrogen-bond donors (Lipinski definition) is 0. The van der Waals surface area contributed by atoms with Crippen LogP contribution in [0.2, 0.25) is 0 Å². The highest BCUT2D eigenvalue weighted by Gasteiger charge is 2.20. The number of hydrogen-bond acceptors (Lipinski definition) is 0. The second-order valence-electron chi connectivity index (χ2n) is 10.5. The Bertz CT molecular complexity index is 1190. The molecule has 37 heavy (non-hydrogen) atoms. The highest BCUT2D eigenvalue weighted by Crippen LogP contribution is 2.34. The van der Waals surface area contributed by atoms with Crippen molar-refractivity contribution in [3.05, 3.63) is 107 Å². The van der Waals surface area contributed by atoms with Gasteiger partial charge in [0.25, 0.3) is 0 Å². The van der Waals surface area contributed by atoms with Crippen molar-refractivity contribution in [3.8, 4) is 23.0 Å². The summed E-state index contributed by atoms with van der Waals surface area (Å²) in [5, 5.41) is 0. The normalized spacial score (nSPS) is 17.2. The van der Waals surface area contributed by atoms with Crippen LogP contribution in [0.5, 0.6) is 0 Å². The zero-order chi connectivity index (χ0) is 26.0. The molecule has 3 aromatic rings. The Balaban J connectivity index is 1.35. The van der Waals surface area contributed by atoms with Crippen molar-refractivity contribution in [2.45, 2.75) is 71.1 Å². The summed E-state index contributed by atoms with van der Waals surface area (Å²) in [5.41, 5.74) is 4.44. The quantitative estimate of drug-likeness (QED) is 0.204. The average molecular weight is 497 g/mol. The van der Waals surface area contributed by atoms with E-state index in [1.54, 1.807) is 0 Å². The molecule has 0 nitrogen and oxygen atoms in total. The molecule has 1 aliphatic carbocycles. The summed E-state index contributed by atoms with van der Waals surface area (Å²) in [6, 6.07) is 18.7. The average Bonchev–Trinajstić information content (AvgIpc) is 2.92. The zero-order valence-electron chi connectivity index (χ0n) is 22.0. The summed E-state index contributed by atoms with van der Waals surface area (Å²) in [6.45, 7) is 5.98. The van der Waals surface area contributed by atoms with Gasteiger partial charge in [0.15, 0.2) is 0 Å². The van der Waals surface area contributed by atoms with E-state index in [2.05, 4.69) is 37.5 Å². The van der Waals surface area contributed by atoms with Crippen molar-refractivity contribution in [2.24, 2.45) is 11.8 Å². The predicted molar refractivity (Wildman–Crippen MR) is 151 cm³/mol. The molecule has 3 aromatic carbocycles. The summed E-state index contributed by atoms with van der Waals surface area (Å²) < 4.78 is 29.6. The second-order valence-corrected chi connectivity index (χ2v) is 10.5. The molecule has 0 aromatic heterocycles. The Morgan fingerprint density at radius 3 is 1.92 bits per heavy atom. The van der Waals surface area contributed by atoms with Crippen LogP contribution in [0, 0.1) is 35.3 Å². The van der Waals surface area contributed by atoms with Gasteiger partial charge in [-0.05, 0) is 90.5 Å². The highest BCUT2D eigenvalue weighted by atomic mass is 19.1. The summed E-state index contributed by atoms with van der Waals surface area (Å²) in [5.74, 6) is 6.03. The maximum Gasteiger partial charge on any atom is 0.142 e. The Kier molecular flexibility index (Phi) is 9.72. The number of allylic oxidation sites excluding steroid dienone is 1. The van der Waals surface area contributed by atoms with Crippen LogP contribution in [0.4, 0.5) is 8.78 Å². The molecule has 0 unspecified atom stereocenters. The molecular weight excluding hydrogens is 458 g/mol. The monoisotopic (exact) mass is 496 g/mol. The molecule has 0 spiro atoms. The van der Waals surface area contributed by atoms with Gasteiger partial charge in [-0.1, -0.05) is 93.3 Å². The number of rotatable bonds is 9. The number of aryl methyl sites for hydroxylation is 2. The van der Waals surface area contributed by atoms with Crippen molar-refractivity contribution >= 4 is 0 Å². The molecule has 192 valence electrons. The van der Waals surface area contributed by atoms with Crippen LogP contribution in [0.1, 0.15) is 80.5 Å². The van der Waals surface area contributed by atoms with Crippen molar-refractivity contribution in [1.82, 2.24) is 0 Å². The predicted octanol–water partition coefficient (Wildman–Crippen LogP) is 9.69. The fraction of sp³-hybridized carbons (Fsp3) is 0.371. The van der Waals surface area contributed by atoms with Gasteiger partial charge in [0.1, 0.15) is 11.6 Å². The molecule has 0 radical (unpaired) electrons. The van der Waals surface area contributed by atoms with E-state index in [9.17, 15) is 8.78 Å². The molecule has 2 heteroatoms. The van der Waals surface area contributed by atoms with Gasteiger partial charge in [-0.15, -0.1) is 6.58 Å². The number of halogens is 2. The largest absolute Gasteiger partial charge is 0.205 e. The van der Waals surface area contributed by atoms with E-state index in [1.165, 1.54) is 61.8 Å². The van der Waals surface area contributed by atoms with E-state index in [0.717, 1.165) is 48.6 Å². The molecule has 0 heterocycles. The lowest BCUT2D eigenvalue weighted by Crippen LogP contribution is -2.15. The third-order valence-corrected chi connectivity index (χ3v) is 7.74. The first-order valence-corrected chi connectivity index (χ1v) is 13.9. The Hall–Kier alpha value is -3.18. The Morgan fingerprint density at radius 2 is 1.32 bits per heavy atom. The molecule has 1 saturated carbocycles. The van der Waals surface area contributed by atoms with Gasteiger partial charge in [0.05, 0.1) is 5.56 Å². The number of benzene rings is 3. The van der Waals surface area contributed by atoms with Crippen molar-refractivity contribution in [2.75, 3.05) is 0 Å². The van der Waals surface area contributed by atoms with Crippen molar-refractivity contribution in [1.29, 1.82) is 0 Å². The molecule has 4 rings (SSSR count). The van der Waals surface area contributed by atoms with Crippen LogP contribution >= 0.6 is 0 Å². The Labute approximate surface area is 221 Å². The first-order valence-electron chi connectivity index (χ1n) is 13.9. The van der Waals surface area contributed by atoms with Crippen LogP contribution in [-0.4, -0.2) is 0 Å². The molecule has 0 aliphatic heterocycles. The van der Waals surface area contributed by atoms with E-state index in [-0.39, 0.29) is 5.56 Å². The van der Waals surface area contributed by atoms with Gasteiger partial charge in [-0.25, -0.2) is 8.78 Å². The molecule has 0 saturated heterocycles. The second kappa shape index (κ2) is 13.4. The lowest BCUT2D eigenvalue weighted by atomic mass is 9.78. The summed E-state index contributed by atoms with van der Waals surface area (Å²) >= 11 is 0. The summed E-state index contributed by atoms with van der Waals surface area (Å²) in [6.07, 6.45) is 14.2. The topological polar surface area (TPSA) is 0 Å². The van der Waals surface area contributed by atoms with Gasteiger partial charge >= 0.3 is 0 Å². The SMILES string of the molecule is C=CCC[C@H]1CC[C@H](CCc2ccc(-c3cc(F)c(C#Cc4ccc(CCC)cc4)c(F)c3)cc2)CC1. The zero-order valence-corrected chi connectivity index (χ0v) is 22.0. The van der Waals surface area contributed by atoms with Gasteiger partial charge in [0, 0.05) is 5.56 Å². The smallest absolute Gasteiger partial charge is 0.142 e. The van der Waals surface area contributed by atoms with E-state index >= 15 is 0 Å². The fourth-order valence-corrected chi connectivity index (χ4v) is 5.43. The molecule has 0 bridgehead atoms. The molecule has 1 aliphatic rings. The van der Waals surface area contributed by atoms with Crippen LogP contribution in [0.25, 0.3) is 11.1 Å². The van der Waals surface area contributed by atoms with E-state index in [4.69, 9.17) is 0 Å². The minimum absolute atomic E-state index is 0.183. The van der Waals surface area contributed by atoms with E-state index < -0.39 is 11.6 Å². The first-order chi connectivity index (χ1) is 18.1. The van der Waals surface area contributed by atoms with Gasteiger partial charge < -0.3 is 0 Å². The minimum Gasteiger partial charge on any atom is -0.205 e. The maximum absolute atomic E-state index is 14.8. The maximum atomic E-state index is 14.8. The first kappa shape index (κ1) is 26.9. The summed E-state index contributed by atoms with van der Waals surface area (Å²) in [7, 11) is 0. The van der Waals surface area contributed by atoms with Crippen LogP contribution in [-0.2, 0) is 12.8 Å². The van der Waals surface area contributed by atoms with Gasteiger partial charge in [-0.3, -0.25) is 0 Å².